The molecule has 2 nitrogen and oxygen atoms in total. The van der Waals surface area contributed by atoms with E-state index in [-0.39, 0.29) is 0 Å². The Hall–Kier alpha value is -4.30. The molecular formula is C40H35NO. The topological polar surface area (TPSA) is 12.5 Å². The second-order valence-corrected chi connectivity index (χ2v) is 12.8. The molecule has 1 saturated carbocycles. The van der Waals surface area contributed by atoms with E-state index in [2.05, 4.69) is 120 Å². The summed E-state index contributed by atoms with van der Waals surface area (Å²) in [5, 5.41) is 2.46. The molecule has 2 bridgehead atoms. The van der Waals surface area contributed by atoms with Crippen LogP contribution in [0.2, 0.25) is 0 Å². The standard InChI is InChI=1S/C40H35NO/c1-2-9-30(10-3-1)40(31-14-16-32(17-15-31)41-22-19-27-24-28(25-27)20-23-41)21-18-36-37-26-29-8-4-5-11-33(29)38(37)34-12-6-7-13-35(34)39(36)42-40/h1-18,21,27-28H,19-20,22-26H2. The maximum absolute atomic E-state index is 7.37. The Morgan fingerprint density at radius 1 is 0.667 bits per heavy atom. The molecule has 2 heteroatoms. The van der Waals surface area contributed by atoms with E-state index in [1.165, 1.54) is 88.6 Å². The molecule has 0 radical (unpaired) electrons. The molecule has 10 rings (SSSR count). The molecule has 1 atom stereocenters. The molecule has 3 aliphatic heterocycles. The lowest BCUT2D eigenvalue weighted by Crippen LogP contribution is -2.37. The number of benzene rings is 5. The molecule has 3 heterocycles. The van der Waals surface area contributed by atoms with E-state index in [4.69, 9.17) is 4.74 Å². The van der Waals surface area contributed by atoms with Crippen LogP contribution in [0.25, 0.3) is 28.0 Å². The fourth-order valence-corrected chi connectivity index (χ4v) is 8.24. The van der Waals surface area contributed by atoms with Crippen molar-refractivity contribution in [1.29, 1.82) is 0 Å². The third-order valence-corrected chi connectivity index (χ3v) is 10.5. The molecule has 2 aliphatic carbocycles. The molecule has 5 aromatic carbocycles. The summed E-state index contributed by atoms with van der Waals surface area (Å²) in [4.78, 5) is 2.61. The van der Waals surface area contributed by atoms with Crippen LogP contribution in [0.3, 0.4) is 0 Å². The van der Waals surface area contributed by atoms with Gasteiger partial charge in [0.25, 0.3) is 0 Å². The van der Waals surface area contributed by atoms with Gasteiger partial charge in [0.15, 0.2) is 5.60 Å². The van der Waals surface area contributed by atoms with Crippen LogP contribution in [0, 0.1) is 11.8 Å². The summed E-state index contributed by atoms with van der Waals surface area (Å²) in [6, 6.07) is 37.7. The maximum Gasteiger partial charge on any atom is 0.178 e. The first-order valence-electron chi connectivity index (χ1n) is 15.7. The lowest BCUT2D eigenvalue weighted by atomic mass is 9.70. The Bertz CT molecular complexity index is 1840. The summed E-state index contributed by atoms with van der Waals surface area (Å²) in [5.74, 6) is 2.89. The van der Waals surface area contributed by atoms with Crippen molar-refractivity contribution in [1.82, 2.24) is 0 Å². The Kier molecular flexibility index (Phi) is 5.42. The quantitative estimate of drug-likeness (QED) is 0.220. The van der Waals surface area contributed by atoms with Crippen molar-refractivity contribution < 1.29 is 4.74 Å². The minimum Gasteiger partial charge on any atom is -0.472 e. The van der Waals surface area contributed by atoms with Crippen LogP contribution >= 0.6 is 0 Å². The molecule has 5 aliphatic rings. The van der Waals surface area contributed by atoms with Crippen molar-refractivity contribution in [2.45, 2.75) is 37.7 Å². The van der Waals surface area contributed by atoms with Crippen LogP contribution in [0.5, 0.6) is 5.75 Å². The molecule has 0 spiro atoms. The Labute approximate surface area is 248 Å². The zero-order valence-corrected chi connectivity index (χ0v) is 23.9. The number of hydrogen-bond acceptors (Lipinski definition) is 2. The van der Waals surface area contributed by atoms with Gasteiger partial charge in [-0.25, -0.2) is 0 Å². The van der Waals surface area contributed by atoms with E-state index in [1.54, 1.807) is 0 Å². The van der Waals surface area contributed by atoms with Crippen LogP contribution in [-0.4, -0.2) is 13.1 Å². The fourth-order valence-electron chi connectivity index (χ4n) is 8.24. The summed E-state index contributed by atoms with van der Waals surface area (Å²) >= 11 is 0. The maximum atomic E-state index is 7.37. The predicted octanol–water partition coefficient (Wildman–Crippen LogP) is 9.39. The largest absolute Gasteiger partial charge is 0.472 e. The molecule has 206 valence electrons. The highest BCUT2D eigenvalue weighted by Crippen LogP contribution is 2.52. The minimum absolute atomic E-state index is 0.701. The number of fused-ring (bicyclic) bond motifs is 12. The SMILES string of the molecule is C1=CC(c2ccccc2)(c2ccc(N3CCC4CC(CC3)C4)cc2)Oc2c1c1c(c3ccccc23)-c2ccccc2C1. The van der Waals surface area contributed by atoms with E-state index in [0.29, 0.717) is 0 Å². The van der Waals surface area contributed by atoms with Gasteiger partial charge in [0.05, 0.1) is 0 Å². The van der Waals surface area contributed by atoms with E-state index >= 15 is 0 Å². The van der Waals surface area contributed by atoms with Gasteiger partial charge in [0, 0.05) is 40.9 Å². The highest BCUT2D eigenvalue weighted by atomic mass is 16.5. The van der Waals surface area contributed by atoms with E-state index in [0.717, 1.165) is 29.6 Å². The molecule has 5 aromatic rings. The normalized spacial score (nSPS) is 23.7. The van der Waals surface area contributed by atoms with Crippen LogP contribution in [0.1, 0.15) is 53.5 Å². The summed E-state index contributed by atoms with van der Waals surface area (Å²) in [7, 11) is 0. The van der Waals surface area contributed by atoms with Gasteiger partial charge >= 0.3 is 0 Å². The van der Waals surface area contributed by atoms with E-state index < -0.39 is 5.60 Å². The average molecular weight is 546 g/mol. The van der Waals surface area contributed by atoms with Crippen molar-refractivity contribution in [3.63, 3.8) is 0 Å². The Morgan fingerprint density at radius 3 is 2.12 bits per heavy atom. The molecule has 0 amide bonds. The summed E-state index contributed by atoms with van der Waals surface area (Å²) < 4.78 is 7.37. The van der Waals surface area contributed by atoms with Crippen molar-refractivity contribution in [2.75, 3.05) is 18.0 Å². The predicted molar refractivity (Wildman–Crippen MR) is 173 cm³/mol. The number of rotatable bonds is 3. The molecule has 3 fully saturated rings. The molecule has 1 unspecified atom stereocenters. The van der Waals surface area contributed by atoms with Crippen molar-refractivity contribution in [2.24, 2.45) is 11.8 Å². The molecule has 2 saturated heterocycles. The number of nitrogens with zero attached hydrogens (tertiary/aromatic N) is 1. The highest BCUT2D eigenvalue weighted by Gasteiger charge is 2.40. The van der Waals surface area contributed by atoms with Gasteiger partial charge in [0.1, 0.15) is 5.75 Å². The number of anilines is 1. The number of ether oxygens (including phenoxy) is 1. The molecule has 42 heavy (non-hydrogen) atoms. The monoisotopic (exact) mass is 545 g/mol. The van der Waals surface area contributed by atoms with E-state index in [1.807, 2.05) is 0 Å². The third kappa shape index (κ3) is 3.64. The second-order valence-electron chi connectivity index (χ2n) is 12.8. The van der Waals surface area contributed by atoms with Gasteiger partial charge in [-0.2, -0.15) is 0 Å². The summed E-state index contributed by atoms with van der Waals surface area (Å²) in [6.07, 6.45) is 11.2. The van der Waals surface area contributed by atoms with Gasteiger partial charge in [-0.05, 0) is 89.8 Å². The van der Waals surface area contributed by atoms with E-state index in [9.17, 15) is 0 Å². The molecule has 0 aromatic heterocycles. The first-order chi connectivity index (χ1) is 20.8. The van der Waals surface area contributed by atoms with Crippen LogP contribution in [-0.2, 0) is 12.0 Å². The van der Waals surface area contributed by atoms with Gasteiger partial charge < -0.3 is 9.64 Å². The number of hydrogen-bond donors (Lipinski definition) is 0. The smallest absolute Gasteiger partial charge is 0.178 e. The first kappa shape index (κ1) is 24.3. The average Bonchev–Trinajstić information content (AvgIpc) is 3.41. The Morgan fingerprint density at radius 2 is 1.33 bits per heavy atom. The highest BCUT2D eigenvalue weighted by molar-refractivity contribution is 6.07. The lowest BCUT2D eigenvalue weighted by Gasteiger charge is -2.42. The van der Waals surface area contributed by atoms with Gasteiger partial charge in [-0.15, -0.1) is 0 Å². The van der Waals surface area contributed by atoms with Gasteiger partial charge in [0.2, 0.25) is 0 Å². The summed E-state index contributed by atoms with van der Waals surface area (Å²) in [6.45, 7) is 2.34. The Balaban J connectivity index is 1.17. The van der Waals surface area contributed by atoms with Crippen molar-refractivity contribution >= 4 is 22.5 Å². The van der Waals surface area contributed by atoms with Gasteiger partial charge in [-0.3, -0.25) is 0 Å². The minimum atomic E-state index is -0.701. The van der Waals surface area contributed by atoms with Crippen LogP contribution in [0.4, 0.5) is 5.69 Å². The molecule has 0 N–H and O–H groups in total. The lowest BCUT2D eigenvalue weighted by molar-refractivity contribution is 0.162. The summed E-state index contributed by atoms with van der Waals surface area (Å²) in [5.41, 5.74) is 9.69. The first-order valence-corrected chi connectivity index (χ1v) is 15.7. The third-order valence-electron chi connectivity index (χ3n) is 10.5. The zero-order chi connectivity index (χ0) is 27.7. The van der Waals surface area contributed by atoms with Crippen molar-refractivity contribution in [3.05, 3.63) is 137 Å². The fraction of sp³-hybridized carbons (Fsp3) is 0.250. The molecular weight excluding hydrogens is 510 g/mol. The van der Waals surface area contributed by atoms with Crippen LogP contribution < -0.4 is 9.64 Å². The van der Waals surface area contributed by atoms with Gasteiger partial charge in [-0.1, -0.05) is 97.1 Å². The zero-order valence-electron chi connectivity index (χ0n) is 23.9. The second kappa shape index (κ2) is 9.36. The van der Waals surface area contributed by atoms with Crippen molar-refractivity contribution in [3.8, 4) is 16.9 Å². The van der Waals surface area contributed by atoms with Crippen LogP contribution in [0.15, 0.2) is 109 Å².